The minimum Gasteiger partial charge on any atom is -0.344 e. The molecule has 0 bridgehead atoms. The third kappa shape index (κ3) is 9.76. The summed E-state index contributed by atoms with van der Waals surface area (Å²) in [6.07, 6.45) is 5.51. The Kier molecular flexibility index (Phi) is 16.5. The molecule has 2 aliphatic heterocycles. The summed E-state index contributed by atoms with van der Waals surface area (Å²) in [5.41, 5.74) is 1.68. The second kappa shape index (κ2) is 18.1. The molecule has 2 saturated heterocycles. The molecule has 13 nitrogen and oxygen atoms in total. The van der Waals surface area contributed by atoms with Gasteiger partial charge in [0.1, 0.15) is 0 Å². The van der Waals surface area contributed by atoms with Crippen LogP contribution in [0, 0.1) is 0 Å². The molecule has 0 atom stereocenters. The zero-order valence-electron chi connectivity index (χ0n) is 23.9. The summed E-state index contributed by atoms with van der Waals surface area (Å²) in [6, 6.07) is 13.9. The predicted octanol–water partition coefficient (Wildman–Crippen LogP) is 7.12. The molecule has 2 aliphatic rings. The lowest BCUT2D eigenvalue weighted by molar-refractivity contribution is -0.115. The first-order valence-corrected chi connectivity index (χ1v) is 13.1. The van der Waals surface area contributed by atoms with E-state index in [1.807, 2.05) is 0 Å². The quantitative estimate of drug-likeness (QED) is 0.107. The first kappa shape index (κ1) is 38.4. The summed E-state index contributed by atoms with van der Waals surface area (Å²) in [5.74, 6) is 1.20. The van der Waals surface area contributed by atoms with Crippen molar-refractivity contribution >= 4 is 64.9 Å². The van der Waals surface area contributed by atoms with E-state index in [-0.39, 0.29) is 54.9 Å². The fraction of sp³-hybridized carbons (Fsp3) is 0.370. The highest BCUT2D eigenvalue weighted by Crippen LogP contribution is 2.25. The number of ketones is 1. The minimum atomic E-state index is -0.412. The predicted molar refractivity (Wildman–Crippen MR) is 182 cm³/mol. The molecule has 14 N–H and O–H groups in total. The number of piperidine rings is 1. The van der Waals surface area contributed by atoms with Gasteiger partial charge in [-0.1, -0.05) is 23.7 Å². The standard InChI is InChI=1S/C27H30ClN7O2.ClH.4H3N.4H2/c28-21-8-2-3-9-22(21)30-24(37)18-23(36)19-10-12-20(13-11-19)29-25-31-26(34-14-4-1-5-15-34)33-27(32-25)35-16-6-7-17-35;;;;;;;;;/h2-3,8-13H,1,4-7,14-18H2,(H,30,37)(H,29,31,32,33);1H;4*1H3;4*1H. The Balaban J connectivity index is -0.000000623. The number of hydrogen-bond donors (Lipinski definition) is 6. The molecule has 2 aromatic carbocycles. The van der Waals surface area contributed by atoms with Crippen LogP contribution in [0.3, 0.4) is 0 Å². The number of benzene rings is 2. The number of hydrogen-bond acceptors (Lipinski definition) is 12. The topological polar surface area (TPSA) is 243 Å². The maximum absolute atomic E-state index is 12.7. The average Bonchev–Trinajstić information content (AvgIpc) is 3.46. The number of rotatable bonds is 8. The summed E-state index contributed by atoms with van der Waals surface area (Å²) < 4.78 is 0. The Labute approximate surface area is 263 Å². The van der Waals surface area contributed by atoms with Crippen LogP contribution in [0.4, 0.5) is 29.2 Å². The van der Waals surface area contributed by atoms with E-state index in [9.17, 15) is 9.59 Å². The minimum absolute atomic E-state index is 0. The molecule has 0 unspecified atom stereocenters. The normalized spacial score (nSPS) is 13.6. The van der Waals surface area contributed by atoms with Crippen molar-refractivity contribution in [2.45, 2.75) is 38.5 Å². The third-order valence-electron chi connectivity index (χ3n) is 6.57. The van der Waals surface area contributed by atoms with Crippen LogP contribution in [0.25, 0.3) is 0 Å². The van der Waals surface area contributed by atoms with Crippen molar-refractivity contribution in [3.05, 3.63) is 59.1 Å². The van der Waals surface area contributed by atoms with Crippen LogP contribution in [0.2, 0.25) is 5.02 Å². The van der Waals surface area contributed by atoms with Crippen molar-refractivity contribution in [2.24, 2.45) is 0 Å². The molecule has 0 spiro atoms. The molecule has 3 aromatic rings. The number of carbonyl (C=O) groups is 2. The Morgan fingerprint density at radius 2 is 1.29 bits per heavy atom. The van der Waals surface area contributed by atoms with E-state index < -0.39 is 5.91 Å². The van der Waals surface area contributed by atoms with Crippen LogP contribution in [0.1, 0.15) is 54.6 Å². The number of halogens is 2. The molecule has 15 heteroatoms. The summed E-state index contributed by atoms with van der Waals surface area (Å²) in [6.45, 7) is 3.79. The molecule has 2 fully saturated rings. The molecule has 0 radical (unpaired) electrons. The fourth-order valence-electron chi connectivity index (χ4n) is 4.58. The van der Waals surface area contributed by atoms with Gasteiger partial charge in [-0.25, -0.2) is 0 Å². The maximum atomic E-state index is 12.7. The average molecular weight is 633 g/mol. The fourth-order valence-corrected chi connectivity index (χ4v) is 4.76. The molecule has 0 aliphatic carbocycles. The number of nitrogens with zero attached hydrogens (tertiary/aromatic N) is 5. The van der Waals surface area contributed by atoms with Crippen LogP contribution in [-0.2, 0) is 4.79 Å². The van der Waals surface area contributed by atoms with Crippen LogP contribution in [-0.4, -0.2) is 52.8 Å². The molecule has 5 rings (SSSR count). The number of para-hydroxylation sites is 1. The van der Waals surface area contributed by atoms with E-state index in [1.54, 1.807) is 48.5 Å². The monoisotopic (exact) mass is 631 g/mol. The molecule has 1 aromatic heterocycles. The van der Waals surface area contributed by atoms with Crippen molar-refractivity contribution < 1.29 is 15.3 Å². The van der Waals surface area contributed by atoms with Crippen molar-refractivity contribution in [3.8, 4) is 0 Å². The Hall–Kier alpha value is -3.59. The molecule has 1 amide bonds. The van der Waals surface area contributed by atoms with Crippen molar-refractivity contribution in [1.82, 2.24) is 39.6 Å². The van der Waals surface area contributed by atoms with E-state index in [1.165, 1.54) is 6.42 Å². The van der Waals surface area contributed by atoms with Gasteiger partial charge in [0.2, 0.25) is 23.8 Å². The lowest BCUT2D eigenvalue weighted by Gasteiger charge is -2.27. The number of carbonyl (C=O) groups excluding carboxylic acids is 2. The van der Waals surface area contributed by atoms with Crippen LogP contribution in [0.5, 0.6) is 0 Å². The SMILES string of the molecule is Cl.N.N.N.N.O=C(CC(=O)c1ccc(Nc2nc(N3CCCCC3)nc(N3CCCC3)n2)cc1)Nc1ccccc1Cl.[HH].[HH].[HH].[HH]. The number of Topliss-reactive ketones (excluding diaryl/α,β-unsaturated/α-hetero) is 1. The highest BCUT2D eigenvalue weighted by molar-refractivity contribution is 6.33. The highest BCUT2D eigenvalue weighted by Gasteiger charge is 2.21. The van der Waals surface area contributed by atoms with Crippen LogP contribution >= 0.6 is 24.0 Å². The highest BCUT2D eigenvalue weighted by atomic mass is 35.5. The molecule has 240 valence electrons. The van der Waals surface area contributed by atoms with E-state index in [2.05, 4.69) is 25.4 Å². The lowest BCUT2D eigenvalue weighted by atomic mass is 10.1. The number of aromatic nitrogens is 3. The van der Waals surface area contributed by atoms with Gasteiger partial charge in [-0.3, -0.25) is 9.59 Å². The van der Waals surface area contributed by atoms with Gasteiger partial charge in [-0.15, -0.1) is 12.4 Å². The molecule has 42 heavy (non-hydrogen) atoms. The second-order valence-electron chi connectivity index (χ2n) is 9.33. The van der Waals surface area contributed by atoms with Gasteiger partial charge in [0, 0.05) is 43.1 Å². The Morgan fingerprint density at radius 1 is 0.762 bits per heavy atom. The first-order chi connectivity index (χ1) is 18.0. The molecule has 3 heterocycles. The van der Waals surface area contributed by atoms with Crippen LogP contribution < -0.4 is 45.0 Å². The van der Waals surface area contributed by atoms with Gasteiger partial charge in [-0.2, -0.15) is 15.0 Å². The van der Waals surface area contributed by atoms with Gasteiger partial charge in [-0.05, 0) is 68.5 Å². The second-order valence-corrected chi connectivity index (χ2v) is 9.74. The molecular formula is C27H51Cl2N11O2. The van der Waals surface area contributed by atoms with Crippen molar-refractivity contribution in [3.63, 3.8) is 0 Å². The van der Waals surface area contributed by atoms with Crippen molar-refractivity contribution in [1.29, 1.82) is 0 Å². The summed E-state index contributed by atoms with van der Waals surface area (Å²) in [7, 11) is 0. The molecule has 0 saturated carbocycles. The van der Waals surface area contributed by atoms with Gasteiger partial charge >= 0.3 is 0 Å². The zero-order chi connectivity index (χ0) is 25.6. The Bertz CT molecular complexity index is 1290. The van der Waals surface area contributed by atoms with E-state index in [4.69, 9.17) is 21.6 Å². The summed E-state index contributed by atoms with van der Waals surface area (Å²) in [4.78, 5) is 43.6. The van der Waals surface area contributed by atoms with Gasteiger partial charge in [0.25, 0.3) is 0 Å². The number of anilines is 5. The maximum Gasteiger partial charge on any atom is 0.233 e. The molecular weight excluding hydrogens is 581 g/mol. The largest absolute Gasteiger partial charge is 0.344 e. The number of amides is 1. The van der Waals surface area contributed by atoms with E-state index in [0.29, 0.717) is 34.1 Å². The van der Waals surface area contributed by atoms with E-state index in [0.717, 1.165) is 57.5 Å². The van der Waals surface area contributed by atoms with Gasteiger partial charge in [0.05, 0.1) is 17.1 Å². The summed E-state index contributed by atoms with van der Waals surface area (Å²) in [5, 5.41) is 6.38. The number of nitrogens with one attached hydrogen (secondary N) is 2. The first-order valence-electron chi connectivity index (χ1n) is 12.8. The van der Waals surface area contributed by atoms with Gasteiger partial charge in [0.15, 0.2) is 5.78 Å². The summed E-state index contributed by atoms with van der Waals surface area (Å²) >= 11 is 6.08. The van der Waals surface area contributed by atoms with Crippen LogP contribution in [0.15, 0.2) is 48.5 Å². The third-order valence-corrected chi connectivity index (χ3v) is 6.90. The smallest absolute Gasteiger partial charge is 0.233 e. The lowest BCUT2D eigenvalue weighted by Crippen LogP contribution is -2.32. The zero-order valence-corrected chi connectivity index (χ0v) is 25.4. The van der Waals surface area contributed by atoms with Crippen molar-refractivity contribution in [2.75, 3.05) is 46.6 Å². The Morgan fingerprint density at radius 3 is 1.83 bits per heavy atom. The van der Waals surface area contributed by atoms with E-state index >= 15 is 0 Å². The van der Waals surface area contributed by atoms with Gasteiger partial charge < -0.3 is 45.0 Å².